The van der Waals surface area contributed by atoms with Crippen molar-refractivity contribution in [2.75, 3.05) is 0 Å². The van der Waals surface area contributed by atoms with Crippen molar-refractivity contribution in [2.45, 2.75) is 44.8 Å². The molecule has 0 aliphatic rings. The molecule has 2 N–H and O–H groups in total. The normalized spacial score (nSPS) is 12.7. The first-order valence-corrected chi connectivity index (χ1v) is 6.82. The van der Waals surface area contributed by atoms with Crippen LogP contribution in [0.2, 0.25) is 0 Å². The van der Waals surface area contributed by atoms with E-state index in [1.807, 2.05) is 36.5 Å². The predicted molar refractivity (Wildman–Crippen MR) is 74.4 cm³/mol. The lowest BCUT2D eigenvalue weighted by Gasteiger charge is -2.16. The number of alkyl halides is 3. The van der Waals surface area contributed by atoms with Crippen molar-refractivity contribution in [3.8, 4) is 0 Å². The summed E-state index contributed by atoms with van der Waals surface area (Å²) in [6.07, 6.45) is -5.20. The van der Waals surface area contributed by atoms with Crippen LogP contribution in [-0.2, 0) is 16.0 Å². The third kappa shape index (κ3) is 7.10. The van der Waals surface area contributed by atoms with Crippen molar-refractivity contribution in [1.29, 1.82) is 0 Å². The van der Waals surface area contributed by atoms with E-state index in [1.165, 1.54) is 0 Å². The number of carboxylic acid groups (broad SMARTS) is 1. The van der Waals surface area contributed by atoms with Gasteiger partial charge in [-0.3, -0.25) is 4.79 Å². The highest BCUT2D eigenvalue weighted by atomic mass is 19.4. The van der Waals surface area contributed by atoms with Gasteiger partial charge in [-0.1, -0.05) is 29.8 Å². The van der Waals surface area contributed by atoms with Gasteiger partial charge in [0.2, 0.25) is 5.91 Å². The second-order valence-electron chi connectivity index (χ2n) is 5.12. The zero-order chi connectivity index (χ0) is 16.8. The van der Waals surface area contributed by atoms with Crippen LogP contribution < -0.4 is 5.32 Å². The smallest absolute Gasteiger partial charge is 0.391 e. The molecular formula is C15H18F3NO3. The highest BCUT2D eigenvalue weighted by Crippen LogP contribution is 2.21. The lowest BCUT2D eigenvalue weighted by Crippen LogP contribution is -2.43. The molecule has 0 fully saturated rings. The Bertz CT molecular complexity index is 512. The summed E-state index contributed by atoms with van der Waals surface area (Å²) < 4.78 is 36.6. The lowest BCUT2D eigenvalue weighted by molar-refractivity contribution is -0.160. The average molecular weight is 317 g/mol. The second kappa shape index (κ2) is 7.82. The first-order chi connectivity index (χ1) is 10.2. The molecule has 0 bridgehead atoms. The first kappa shape index (κ1) is 18.0. The van der Waals surface area contributed by atoms with E-state index in [-0.39, 0.29) is 6.42 Å². The molecule has 0 spiro atoms. The molecule has 4 nitrogen and oxygen atoms in total. The average Bonchev–Trinajstić information content (AvgIpc) is 2.38. The van der Waals surface area contributed by atoms with E-state index in [4.69, 9.17) is 5.11 Å². The molecule has 1 amide bonds. The largest absolute Gasteiger partial charge is 0.480 e. The third-order valence-electron chi connectivity index (χ3n) is 3.06. The highest BCUT2D eigenvalue weighted by molar-refractivity contribution is 5.83. The summed E-state index contributed by atoms with van der Waals surface area (Å²) in [5, 5.41) is 10.6. The van der Waals surface area contributed by atoms with E-state index in [2.05, 4.69) is 0 Å². The minimum atomic E-state index is -4.64. The van der Waals surface area contributed by atoms with Crippen LogP contribution in [0, 0.1) is 6.92 Å². The van der Waals surface area contributed by atoms with Crippen LogP contribution >= 0.6 is 0 Å². The van der Waals surface area contributed by atoms with Gasteiger partial charge in [0.25, 0.3) is 0 Å². The monoisotopic (exact) mass is 317 g/mol. The molecule has 1 aromatic rings. The number of carbonyl (C=O) groups excluding carboxylic acids is 1. The number of benzene rings is 1. The zero-order valence-corrected chi connectivity index (χ0v) is 12.1. The first-order valence-electron chi connectivity index (χ1n) is 6.82. The number of amides is 1. The number of hydrogen-bond acceptors (Lipinski definition) is 2. The molecule has 1 rings (SSSR count). The van der Waals surface area contributed by atoms with Crippen molar-refractivity contribution in [2.24, 2.45) is 0 Å². The second-order valence-corrected chi connectivity index (χ2v) is 5.12. The van der Waals surface area contributed by atoms with Crippen molar-refractivity contribution in [3.63, 3.8) is 0 Å². The molecule has 0 heterocycles. The maximum absolute atomic E-state index is 12.2. The Morgan fingerprint density at radius 1 is 1.23 bits per heavy atom. The Kier molecular flexibility index (Phi) is 6.39. The number of aliphatic carboxylic acids is 1. The van der Waals surface area contributed by atoms with E-state index in [0.717, 1.165) is 11.1 Å². The summed E-state index contributed by atoms with van der Waals surface area (Å²) in [6.45, 7) is 1.95. The Morgan fingerprint density at radius 3 is 2.32 bits per heavy atom. The fraction of sp³-hybridized carbons (Fsp3) is 0.467. The number of carboxylic acids is 1. The van der Waals surface area contributed by atoms with Gasteiger partial charge in [0.1, 0.15) is 6.04 Å². The maximum atomic E-state index is 12.2. The Labute approximate surface area is 126 Å². The summed E-state index contributed by atoms with van der Waals surface area (Å²) in [6, 6.07) is 5.75. The van der Waals surface area contributed by atoms with Crippen LogP contribution in [0.1, 0.15) is 30.4 Å². The topological polar surface area (TPSA) is 66.4 Å². The Hall–Kier alpha value is -2.05. The Balaban J connectivity index is 2.40. The van der Waals surface area contributed by atoms with Gasteiger partial charge in [0.15, 0.2) is 0 Å². The minimum absolute atomic E-state index is 0.0183. The molecule has 22 heavy (non-hydrogen) atoms. The van der Waals surface area contributed by atoms with Crippen LogP contribution in [0.3, 0.4) is 0 Å². The van der Waals surface area contributed by atoms with Gasteiger partial charge in [-0.25, -0.2) is 4.79 Å². The molecule has 0 aromatic heterocycles. The molecule has 0 aliphatic heterocycles. The standard InChI is InChI=1S/C15H18F3NO3/c1-10-5-7-11(8-6-10)3-2-4-13(20)19-12(14(21)22)9-15(16,17)18/h5-8,12H,2-4,9H2,1H3,(H,19,20)(H,21,22). The summed E-state index contributed by atoms with van der Waals surface area (Å²) >= 11 is 0. The molecule has 7 heteroatoms. The van der Waals surface area contributed by atoms with Crippen LogP contribution in [0.25, 0.3) is 0 Å². The molecule has 0 saturated heterocycles. The van der Waals surface area contributed by atoms with Gasteiger partial charge in [-0.05, 0) is 25.3 Å². The number of hydrogen-bond donors (Lipinski definition) is 2. The van der Waals surface area contributed by atoms with Crippen LogP contribution in [0.4, 0.5) is 13.2 Å². The summed E-state index contributed by atoms with van der Waals surface area (Å²) in [4.78, 5) is 22.3. The molecule has 122 valence electrons. The van der Waals surface area contributed by atoms with E-state index < -0.39 is 30.5 Å². The number of rotatable bonds is 7. The van der Waals surface area contributed by atoms with Crippen molar-refractivity contribution in [3.05, 3.63) is 35.4 Å². The number of aryl methyl sites for hydroxylation is 2. The predicted octanol–water partition coefficient (Wildman–Crippen LogP) is 2.84. The molecule has 0 aliphatic carbocycles. The van der Waals surface area contributed by atoms with Gasteiger partial charge < -0.3 is 10.4 Å². The molecule has 1 atom stereocenters. The van der Waals surface area contributed by atoms with Crippen molar-refractivity contribution in [1.82, 2.24) is 5.32 Å². The molecule has 0 radical (unpaired) electrons. The SMILES string of the molecule is Cc1ccc(CCCC(=O)NC(CC(F)(F)F)C(=O)O)cc1. The molecule has 1 aromatic carbocycles. The van der Waals surface area contributed by atoms with E-state index in [1.54, 1.807) is 0 Å². The quantitative estimate of drug-likeness (QED) is 0.812. The van der Waals surface area contributed by atoms with Crippen molar-refractivity contribution >= 4 is 11.9 Å². The lowest BCUT2D eigenvalue weighted by atomic mass is 10.1. The third-order valence-corrected chi connectivity index (χ3v) is 3.06. The summed E-state index contributed by atoms with van der Waals surface area (Å²) in [5.41, 5.74) is 2.13. The maximum Gasteiger partial charge on any atom is 0.391 e. The van der Waals surface area contributed by atoms with Gasteiger partial charge >= 0.3 is 12.1 Å². The van der Waals surface area contributed by atoms with Gasteiger partial charge in [-0.2, -0.15) is 13.2 Å². The fourth-order valence-corrected chi connectivity index (χ4v) is 1.91. The molecule has 0 saturated carbocycles. The zero-order valence-electron chi connectivity index (χ0n) is 12.1. The van der Waals surface area contributed by atoms with Gasteiger partial charge in [0.05, 0.1) is 6.42 Å². The Morgan fingerprint density at radius 2 is 1.82 bits per heavy atom. The van der Waals surface area contributed by atoms with E-state index in [0.29, 0.717) is 12.8 Å². The number of carbonyl (C=O) groups is 2. The van der Waals surface area contributed by atoms with Gasteiger partial charge in [0, 0.05) is 6.42 Å². The molecule has 1 unspecified atom stereocenters. The minimum Gasteiger partial charge on any atom is -0.480 e. The van der Waals surface area contributed by atoms with Gasteiger partial charge in [-0.15, -0.1) is 0 Å². The number of halogens is 3. The van der Waals surface area contributed by atoms with Crippen LogP contribution in [0.5, 0.6) is 0 Å². The fourth-order valence-electron chi connectivity index (χ4n) is 1.91. The van der Waals surface area contributed by atoms with E-state index in [9.17, 15) is 22.8 Å². The van der Waals surface area contributed by atoms with Crippen LogP contribution in [0.15, 0.2) is 24.3 Å². The van der Waals surface area contributed by atoms with Crippen molar-refractivity contribution < 1.29 is 27.9 Å². The summed E-state index contributed by atoms with van der Waals surface area (Å²) in [5.74, 6) is -2.38. The molecular weight excluding hydrogens is 299 g/mol. The summed E-state index contributed by atoms with van der Waals surface area (Å²) in [7, 11) is 0. The number of nitrogens with one attached hydrogen (secondary N) is 1. The van der Waals surface area contributed by atoms with E-state index >= 15 is 0 Å². The highest BCUT2D eigenvalue weighted by Gasteiger charge is 2.36. The van der Waals surface area contributed by atoms with Crippen LogP contribution in [-0.4, -0.2) is 29.2 Å².